The molecule has 1 fully saturated rings. The summed E-state index contributed by atoms with van der Waals surface area (Å²) in [5.74, 6) is 0.264. The van der Waals surface area contributed by atoms with Crippen LogP contribution in [0.25, 0.3) is 0 Å². The highest BCUT2D eigenvalue weighted by atomic mass is 35.5. The van der Waals surface area contributed by atoms with E-state index in [0.717, 1.165) is 5.56 Å². The Balaban J connectivity index is 2.08. The van der Waals surface area contributed by atoms with Crippen molar-refractivity contribution in [1.29, 1.82) is 0 Å². The Labute approximate surface area is 131 Å². The number of nitrogens with two attached hydrogens (primary N) is 1. The van der Waals surface area contributed by atoms with E-state index in [1.807, 2.05) is 32.9 Å². The van der Waals surface area contributed by atoms with E-state index in [4.69, 9.17) is 22.1 Å². The molecule has 5 heteroatoms. The van der Waals surface area contributed by atoms with Crippen LogP contribution in [0.2, 0.25) is 5.02 Å². The Morgan fingerprint density at radius 1 is 1.38 bits per heavy atom. The molecule has 2 atom stereocenters. The molecule has 0 aliphatic heterocycles. The number of ether oxygens (including phenoxy) is 1. The van der Waals surface area contributed by atoms with Gasteiger partial charge in [-0.15, -0.1) is 0 Å². The molecule has 116 valence electrons. The number of nitrogens with one attached hydrogen (secondary N) is 1. The van der Waals surface area contributed by atoms with Crippen molar-refractivity contribution in [1.82, 2.24) is 0 Å². The van der Waals surface area contributed by atoms with Crippen molar-refractivity contribution in [2.24, 2.45) is 11.1 Å². The van der Waals surface area contributed by atoms with Crippen LogP contribution in [-0.2, 0) is 4.74 Å². The number of carbonyl (C=O) groups excluding carboxylic acids is 1. The van der Waals surface area contributed by atoms with Gasteiger partial charge >= 0.3 is 6.09 Å². The highest BCUT2D eigenvalue weighted by Crippen LogP contribution is 2.58. The zero-order valence-electron chi connectivity index (χ0n) is 13.2. The highest BCUT2D eigenvalue weighted by molar-refractivity contribution is 6.31. The van der Waals surface area contributed by atoms with E-state index >= 15 is 0 Å². The van der Waals surface area contributed by atoms with Gasteiger partial charge in [0.2, 0.25) is 0 Å². The predicted octanol–water partition coefficient (Wildman–Crippen LogP) is 4.14. The number of anilines is 1. The Morgan fingerprint density at radius 3 is 2.38 bits per heavy atom. The van der Waals surface area contributed by atoms with Gasteiger partial charge in [0.1, 0.15) is 5.60 Å². The zero-order valence-corrected chi connectivity index (χ0v) is 13.9. The molecule has 1 aromatic rings. The quantitative estimate of drug-likeness (QED) is 0.863. The molecule has 1 amide bonds. The molecule has 1 saturated carbocycles. The van der Waals surface area contributed by atoms with Gasteiger partial charge in [0.25, 0.3) is 0 Å². The summed E-state index contributed by atoms with van der Waals surface area (Å²) in [6.07, 6.45) is -0.491. The Kier molecular flexibility index (Phi) is 3.98. The molecule has 0 heterocycles. The highest BCUT2D eigenvalue weighted by Gasteiger charge is 2.56. The summed E-state index contributed by atoms with van der Waals surface area (Å²) < 4.78 is 5.21. The third-order valence-electron chi connectivity index (χ3n) is 3.89. The van der Waals surface area contributed by atoms with Crippen LogP contribution in [0, 0.1) is 5.41 Å². The number of benzene rings is 1. The van der Waals surface area contributed by atoms with Gasteiger partial charge in [-0.05, 0) is 43.9 Å². The third-order valence-corrected chi connectivity index (χ3v) is 4.22. The molecule has 1 aromatic carbocycles. The molecule has 0 aromatic heterocycles. The van der Waals surface area contributed by atoms with Crippen molar-refractivity contribution >= 4 is 23.4 Å². The number of hydrogen-bond donors (Lipinski definition) is 2. The van der Waals surface area contributed by atoms with E-state index in [2.05, 4.69) is 19.2 Å². The summed E-state index contributed by atoms with van der Waals surface area (Å²) in [6.45, 7) is 9.72. The third kappa shape index (κ3) is 3.50. The molecule has 0 saturated heterocycles. The summed E-state index contributed by atoms with van der Waals surface area (Å²) in [7, 11) is 0. The first-order chi connectivity index (χ1) is 9.52. The van der Waals surface area contributed by atoms with E-state index in [1.165, 1.54) is 0 Å². The lowest BCUT2D eigenvalue weighted by Gasteiger charge is -2.20. The normalized spacial score (nSPS) is 23.6. The second-order valence-electron chi connectivity index (χ2n) is 7.19. The topological polar surface area (TPSA) is 64.3 Å². The molecule has 2 rings (SSSR count). The van der Waals surface area contributed by atoms with Gasteiger partial charge in [0.05, 0.1) is 0 Å². The smallest absolute Gasteiger partial charge is 0.412 e. The summed E-state index contributed by atoms with van der Waals surface area (Å²) in [5, 5.41) is 3.30. The van der Waals surface area contributed by atoms with Gasteiger partial charge in [0, 0.05) is 22.7 Å². The molecule has 21 heavy (non-hydrogen) atoms. The molecule has 0 unspecified atom stereocenters. The van der Waals surface area contributed by atoms with E-state index in [-0.39, 0.29) is 17.4 Å². The van der Waals surface area contributed by atoms with Gasteiger partial charge in [-0.25, -0.2) is 4.79 Å². The number of halogens is 1. The average molecular weight is 311 g/mol. The Morgan fingerprint density at radius 2 is 1.95 bits per heavy atom. The summed E-state index contributed by atoms with van der Waals surface area (Å²) in [4.78, 5) is 11.7. The maximum Gasteiger partial charge on any atom is 0.412 e. The van der Waals surface area contributed by atoms with Crippen LogP contribution in [-0.4, -0.2) is 17.7 Å². The van der Waals surface area contributed by atoms with Gasteiger partial charge in [0.15, 0.2) is 0 Å². The summed E-state index contributed by atoms with van der Waals surface area (Å²) in [6, 6.07) is 5.61. The predicted molar refractivity (Wildman–Crippen MR) is 85.8 cm³/mol. The molecule has 0 radical (unpaired) electrons. The van der Waals surface area contributed by atoms with Crippen LogP contribution in [0.1, 0.15) is 46.1 Å². The number of hydrogen-bond acceptors (Lipinski definition) is 3. The fraction of sp³-hybridized carbons (Fsp3) is 0.562. The lowest BCUT2D eigenvalue weighted by Crippen LogP contribution is -2.27. The minimum Gasteiger partial charge on any atom is -0.444 e. The Bertz CT molecular complexity index is 564. The first kappa shape index (κ1) is 16.1. The van der Waals surface area contributed by atoms with Crippen molar-refractivity contribution in [2.45, 2.75) is 52.2 Å². The van der Waals surface area contributed by atoms with Gasteiger partial charge in [-0.3, -0.25) is 5.32 Å². The average Bonchev–Trinajstić information content (AvgIpc) is 2.76. The summed E-state index contributed by atoms with van der Waals surface area (Å²) in [5.41, 5.74) is 7.28. The monoisotopic (exact) mass is 310 g/mol. The first-order valence-electron chi connectivity index (χ1n) is 7.07. The SMILES string of the molecule is CC(C)(C)OC(=O)Nc1ccc([C@@H]2[C@@H](N)C2(C)C)c(Cl)c1. The van der Waals surface area contributed by atoms with E-state index in [1.54, 1.807) is 6.07 Å². The summed E-state index contributed by atoms with van der Waals surface area (Å²) >= 11 is 6.33. The van der Waals surface area contributed by atoms with E-state index in [9.17, 15) is 4.79 Å². The molecule has 0 spiro atoms. The number of amides is 1. The van der Waals surface area contributed by atoms with Crippen LogP contribution in [0.3, 0.4) is 0 Å². The standard InChI is InChI=1S/C16H23ClN2O2/c1-15(2,3)21-14(20)19-9-6-7-10(11(17)8-9)12-13(18)16(12,4)5/h6-8,12-13H,18H2,1-5H3,(H,19,20)/t12-,13-/m1/s1. The molecule has 0 bridgehead atoms. The first-order valence-corrected chi connectivity index (χ1v) is 7.45. The molecule has 1 aliphatic rings. The van der Waals surface area contributed by atoms with Gasteiger partial charge in [-0.1, -0.05) is 31.5 Å². The minimum atomic E-state index is -0.529. The maximum atomic E-state index is 11.7. The van der Waals surface area contributed by atoms with Crippen molar-refractivity contribution in [3.8, 4) is 0 Å². The van der Waals surface area contributed by atoms with Crippen molar-refractivity contribution in [3.05, 3.63) is 28.8 Å². The van der Waals surface area contributed by atoms with Crippen molar-refractivity contribution < 1.29 is 9.53 Å². The van der Waals surface area contributed by atoms with Crippen LogP contribution in [0.5, 0.6) is 0 Å². The van der Waals surface area contributed by atoms with Crippen molar-refractivity contribution in [2.75, 3.05) is 5.32 Å². The lowest BCUT2D eigenvalue weighted by molar-refractivity contribution is 0.0636. The zero-order chi connectivity index (χ0) is 16.0. The number of rotatable bonds is 2. The minimum absolute atomic E-state index is 0.0732. The van der Waals surface area contributed by atoms with Crippen LogP contribution in [0.15, 0.2) is 18.2 Å². The molecular weight excluding hydrogens is 288 g/mol. The van der Waals surface area contributed by atoms with E-state index < -0.39 is 11.7 Å². The van der Waals surface area contributed by atoms with Gasteiger partial charge < -0.3 is 10.5 Å². The largest absolute Gasteiger partial charge is 0.444 e. The fourth-order valence-electron chi connectivity index (χ4n) is 2.55. The molecule has 1 aliphatic carbocycles. The van der Waals surface area contributed by atoms with Crippen LogP contribution in [0.4, 0.5) is 10.5 Å². The van der Waals surface area contributed by atoms with Crippen LogP contribution >= 0.6 is 11.6 Å². The van der Waals surface area contributed by atoms with E-state index in [0.29, 0.717) is 10.7 Å². The molecule has 4 nitrogen and oxygen atoms in total. The second-order valence-corrected chi connectivity index (χ2v) is 7.60. The Hall–Kier alpha value is -1.26. The molecular formula is C16H23ClN2O2. The van der Waals surface area contributed by atoms with Crippen LogP contribution < -0.4 is 11.1 Å². The molecule has 3 N–H and O–H groups in total. The maximum absolute atomic E-state index is 11.7. The second kappa shape index (κ2) is 5.18. The van der Waals surface area contributed by atoms with Crippen molar-refractivity contribution in [3.63, 3.8) is 0 Å². The lowest BCUT2D eigenvalue weighted by atomic mass is 10.0. The number of carbonyl (C=O) groups is 1. The van der Waals surface area contributed by atoms with Gasteiger partial charge in [-0.2, -0.15) is 0 Å². The fourth-order valence-corrected chi connectivity index (χ4v) is 2.85.